The molecule has 16 heavy (non-hydrogen) atoms. The van der Waals surface area contributed by atoms with Gasteiger partial charge in [-0.05, 0) is 19.4 Å². The van der Waals surface area contributed by atoms with E-state index in [1.54, 1.807) is 0 Å². The molecular weight excluding hydrogens is 206 g/mol. The predicted octanol–water partition coefficient (Wildman–Crippen LogP) is -0.163. The number of carbonyl (C=O) groups excluding carboxylic acids is 1. The zero-order valence-electron chi connectivity index (χ0n) is 9.53. The van der Waals surface area contributed by atoms with Crippen molar-refractivity contribution >= 4 is 5.91 Å². The van der Waals surface area contributed by atoms with Crippen LogP contribution >= 0.6 is 0 Å². The first kappa shape index (κ1) is 11.1. The molecule has 2 rings (SSSR count). The lowest BCUT2D eigenvalue weighted by Crippen LogP contribution is -2.36. The number of nitrogens with one attached hydrogen (secondary N) is 3. The molecule has 2 heterocycles. The molecule has 0 bridgehead atoms. The van der Waals surface area contributed by atoms with Gasteiger partial charge in [0, 0.05) is 6.54 Å². The van der Waals surface area contributed by atoms with Gasteiger partial charge in [0.15, 0.2) is 0 Å². The Morgan fingerprint density at radius 3 is 3.00 bits per heavy atom. The van der Waals surface area contributed by atoms with Crippen LogP contribution in [0.5, 0.6) is 0 Å². The highest BCUT2D eigenvalue weighted by atomic mass is 16.2. The Kier molecular flexibility index (Phi) is 3.19. The van der Waals surface area contributed by atoms with Gasteiger partial charge in [-0.2, -0.15) is 5.10 Å². The van der Waals surface area contributed by atoms with Crippen molar-refractivity contribution in [3.05, 3.63) is 12.2 Å². The number of nitrogens with zero attached hydrogens (tertiary/aromatic N) is 2. The molecule has 0 saturated carbocycles. The Balaban J connectivity index is 1.92. The molecule has 0 spiro atoms. The Labute approximate surface area is 94.2 Å². The maximum Gasteiger partial charge on any atom is 0.225 e. The standard InChI is InChI=1S/C10H17N5O/c1-6-3-11-4-8(6)10(16)14-7(2)9-12-5-13-15-9/h5-8,11H,3-4H2,1-2H3,(H,14,16)(H,12,13,15)/t6-,7?,8-/m1/s1. The van der Waals surface area contributed by atoms with E-state index in [9.17, 15) is 4.79 Å². The van der Waals surface area contributed by atoms with Crippen LogP contribution in [-0.2, 0) is 4.79 Å². The maximum absolute atomic E-state index is 11.9. The molecule has 1 saturated heterocycles. The second kappa shape index (κ2) is 4.61. The minimum atomic E-state index is -0.122. The fourth-order valence-electron chi connectivity index (χ4n) is 1.97. The Bertz CT molecular complexity index is 350. The number of hydrogen-bond acceptors (Lipinski definition) is 4. The third-order valence-electron chi connectivity index (χ3n) is 3.06. The van der Waals surface area contributed by atoms with Gasteiger partial charge in [-0.15, -0.1) is 0 Å². The normalized spacial score (nSPS) is 26.6. The van der Waals surface area contributed by atoms with Crippen molar-refractivity contribution in [2.45, 2.75) is 19.9 Å². The van der Waals surface area contributed by atoms with Crippen LogP contribution < -0.4 is 10.6 Å². The van der Waals surface area contributed by atoms with Crippen LogP contribution in [0.4, 0.5) is 0 Å². The lowest BCUT2D eigenvalue weighted by molar-refractivity contribution is -0.126. The number of aromatic amines is 1. The fraction of sp³-hybridized carbons (Fsp3) is 0.700. The highest BCUT2D eigenvalue weighted by molar-refractivity contribution is 5.79. The van der Waals surface area contributed by atoms with Crippen LogP contribution in [0.3, 0.4) is 0 Å². The maximum atomic E-state index is 11.9. The molecule has 88 valence electrons. The summed E-state index contributed by atoms with van der Waals surface area (Å²) in [6, 6.07) is -0.122. The highest BCUT2D eigenvalue weighted by Gasteiger charge is 2.30. The Hall–Kier alpha value is -1.43. The molecule has 0 aromatic carbocycles. The van der Waals surface area contributed by atoms with Crippen molar-refractivity contribution in [1.82, 2.24) is 25.8 Å². The molecule has 1 aromatic heterocycles. The quantitative estimate of drug-likeness (QED) is 0.665. The fourth-order valence-corrected chi connectivity index (χ4v) is 1.97. The third kappa shape index (κ3) is 2.21. The zero-order chi connectivity index (χ0) is 11.5. The first-order valence-corrected chi connectivity index (χ1v) is 5.55. The number of aromatic nitrogens is 3. The van der Waals surface area contributed by atoms with E-state index in [1.807, 2.05) is 6.92 Å². The summed E-state index contributed by atoms with van der Waals surface area (Å²) >= 11 is 0. The summed E-state index contributed by atoms with van der Waals surface area (Å²) in [5, 5.41) is 12.7. The van der Waals surface area contributed by atoms with E-state index < -0.39 is 0 Å². The summed E-state index contributed by atoms with van der Waals surface area (Å²) in [7, 11) is 0. The van der Waals surface area contributed by atoms with Gasteiger partial charge in [-0.3, -0.25) is 9.89 Å². The largest absolute Gasteiger partial charge is 0.346 e. The molecule has 0 radical (unpaired) electrons. The average Bonchev–Trinajstić information content (AvgIpc) is 2.86. The van der Waals surface area contributed by atoms with Gasteiger partial charge in [0.1, 0.15) is 12.2 Å². The van der Waals surface area contributed by atoms with E-state index in [0.29, 0.717) is 11.7 Å². The lowest BCUT2D eigenvalue weighted by Gasteiger charge is -2.17. The van der Waals surface area contributed by atoms with Gasteiger partial charge >= 0.3 is 0 Å². The van der Waals surface area contributed by atoms with Gasteiger partial charge in [-0.1, -0.05) is 6.92 Å². The first-order chi connectivity index (χ1) is 7.68. The summed E-state index contributed by atoms with van der Waals surface area (Å²) in [5.41, 5.74) is 0. The van der Waals surface area contributed by atoms with Crippen LogP contribution in [0.25, 0.3) is 0 Å². The molecule has 1 aromatic rings. The van der Waals surface area contributed by atoms with Crippen LogP contribution in [0.1, 0.15) is 25.7 Å². The lowest BCUT2D eigenvalue weighted by atomic mass is 9.97. The van der Waals surface area contributed by atoms with Crippen molar-refractivity contribution in [1.29, 1.82) is 0 Å². The molecule has 1 aliphatic heterocycles. The van der Waals surface area contributed by atoms with Crippen molar-refractivity contribution in [3.8, 4) is 0 Å². The molecule has 6 heteroatoms. The monoisotopic (exact) mass is 223 g/mol. The van der Waals surface area contributed by atoms with Gasteiger partial charge in [0.25, 0.3) is 0 Å². The smallest absolute Gasteiger partial charge is 0.225 e. The second-order valence-electron chi connectivity index (χ2n) is 4.34. The van der Waals surface area contributed by atoms with E-state index >= 15 is 0 Å². The highest BCUT2D eigenvalue weighted by Crippen LogP contribution is 2.17. The number of amides is 1. The van der Waals surface area contributed by atoms with E-state index in [0.717, 1.165) is 13.1 Å². The Morgan fingerprint density at radius 2 is 2.44 bits per heavy atom. The van der Waals surface area contributed by atoms with Crippen molar-refractivity contribution in [3.63, 3.8) is 0 Å². The molecule has 3 N–H and O–H groups in total. The van der Waals surface area contributed by atoms with Crippen LogP contribution in [0, 0.1) is 11.8 Å². The minimum Gasteiger partial charge on any atom is -0.346 e. The summed E-state index contributed by atoms with van der Waals surface area (Å²) in [6.45, 7) is 5.65. The van der Waals surface area contributed by atoms with Gasteiger partial charge in [-0.25, -0.2) is 4.98 Å². The number of H-pyrrole nitrogens is 1. The molecule has 0 aliphatic carbocycles. The minimum absolute atomic E-state index is 0.0605. The SMILES string of the molecule is CC(NC(=O)[C@@H]1CNC[C@H]1C)c1ncn[nH]1. The van der Waals surface area contributed by atoms with Crippen molar-refractivity contribution < 1.29 is 4.79 Å². The molecule has 3 atom stereocenters. The number of hydrogen-bond donors (Lipinski definition) is 3. The number of rotatable bonds is 3. The third-order valence-corrected chi connectivity index (χ3v) is 3.06. The second-order valence-corrected chi connectivity index (χ2v) is 4.34. The van der Waals surface area contributed by atoms with Crippen LogP contribution in [0.2, 0.25) is 0 Å². The molecule has 1 amide bonds. The van der Waals surface area contributed by atoms with Crippen molar-refractivity contribution in [2.75, 3.05) is 13.1 Å². The summed E-state index contributed by atoms with van der Waals surface area (Å²) in [6.07, 6.45) is 1.44. The number of carbonyl (C=O) groups is 1. The van der Waals surface area contributed by atoms with Crippen LogP contribution in [-0.4, -0.2) is 34.2 Å². The van der Waals surface area contributed by atoms with E-state index in [1.165, 1.54) is 6.33 Å². The van der Waals surface area contributed by atoms with Gasteiger partial charge < -0.3 is 10.6 Å². The zero-order valence-corrected chi connectivity index (χ0v) is 9.53. The Morgan fingerprint density at radius 1 is 1.62 bits per heavy atom. The van der Waals surface area contributed by atoms with Crippen molar-refractivity contribution in [2.24, 2.45) is 11.8 Å². The molecule has 1 fully saturated rings. The van der Waals surface area contributed by atoms with Crippen LogP contribution in [0.15, 0.2) is 6.33 Å². The topological polar surface area (TPSA) is 82.7 Å². The van der Waals surface area contributed by atoms with Gasteiger partial charge in [0.2, 0.25) is 5.91 Å². The van der Waals surface area contributed by atoms with E-state index in [4.69, 9.17) is 0 Å². The van der Waals surface area contributed by atoms with E-state index in [2.05, 4.69) is 32.7 Å². The summed E-state index contributed by atoms with van der Waals surface area (Å²) < 4.78 is 0. The molecule has 1 aliphatic rings. The average molecular weight is 223 g/mol. The van der Waals surface area contributed by atoms with Gasteiger partial charge in [0.05, 0.1) is 12.0 Å². The van der Waals surface area contributed by atoms with E-state index in [-0.39, 0.29) is 17.9 Å². The molecule has 6 nitrogen and oxygen atoms in total. The molecular formula is C10H17N5O. The summed E-state index contributed by atoms with van der Waals surface area (Å²) in [5.74, 6) is 1.22. The molecule has 1 unspecified atom stereocenters. The predicted molar refractivity (Wildman–Crippen MR) is 58.5 cm³/mol. The first-order valence-electron chi connectivity index (χ1n) is 5.55. The summed E-state index contributed by atoms with van der Waals surface area (Å²) in [4.78, 5) is 16.0.